The summed E-state index contributed by atoms with van der Waals surface area (Å²) in [6.07, 6.45) is 0.699. The van der Waals surface area contributed by atoms with Gasteiger partial charge in [-0.05, 0) is 11.4 Å². The topological polar surface area (TPSA) is 47.8 Å². The number of hydrogen-bond donors (Lipinski definition) is 0. The maximum absolute atomic E-state index is 10.5. The van der Waals surface area contributed by atoms with Crippen LogP contribution in [0.5, 0.6) is 0 Å². The first-order valence-corrected chi connectivity index (χ1v) is 4.59. The van der Waals surface area contributed by atoms with Crippen molar-refractivity contribution in [2.24, 2.45) is 7.05 Å². The van der Waals surface area contributed by atoms with Gasteiger partial charge in [0, 0.05) is 7.05 Å². The van der Waals surface area contributed by atoms with Gasteiger partial charge in [-0.15, -0.1) is 16.4 Å². The lowest BCUT2D eigenvalue weighted by atomic mass is 10.4. The Hall–Kier alpha value is -1.49. The number of hydrogen-bond acceptors (Lipinski definition) is 4. The largest absolute Gasteiger partial charge is 0.294 e. The zero-order chi connectivity index (χ0) is 9.26. The minimum absolute atomic E-state index is 0.350. The summed E-state index contributed by atoms with van der Waals surface area (Å²) in [5, 5.41) is 6.06. The highest BCUT2D eigenvalue weighted by molar-refractivity contribution is 7.13. The number of rotatable bonds is 2. The summed E-state index contributed by atoms with van der Waals surface area (Å²) in [7, 11) is 1.70. The Morgan fingerprint density at radius 2 is 2.46 bits per heavy atom. The number of carbonyl (C=O) groups excluding carboxylic acids is 1. The van der Waals surface area contributed by atoms with Gasteiger partial charge in [-0.1, -0.05) is 6.07 Å². The summed E-state index contributed by atoms with van der Waals surface area (Å²) in [6.45, 7) is 0. The number of nitrogens with zero attached hydrogens (tertiary/aromatic N) is 3. The lowest BCUT2D eigenvalue weighted by molar-refractivity contribution is 0.111. The summed E-state index contributed by atoms with van der Waals surface area (Å²) in [6, 6.07) is 3.85. The van der Waals surface area contributed by atoms with E-state index in [0.717, 1.165) is 4.88 Å². The number of carbonyl (C=O) groups is 1. The van der Waals surface area contributed by atoms with Crippen LogP contribution in [0, 0.1) is 0 Å². The predicted octanol–water partition coefficient (Wildman–Crippen LogP) is 1.36. The molecule has 0 spiro atoms. The molecule has 2 heterocycles. The van der Waals surface area contributed by atoms with E-state index in [1.54, 1.807) is 18.4 Å². The van der Waals surface area contributed by atoms with Gasteiger partial charge >= 0.3 is 0 Å². The molecule has 0 amide bonds. The molecule has 0 bridgehead atoms. The minimum atomic E-state index is 0.350. The number of aldehydes is 1. The van der Waals surface area contributed by atoms with Crippen molar-refractivity contribution in [3.05, 3.63) is 23.3 Å². The van der Waals surface area contributed by atoms with Gasteiger partial charge in [-0.2, -0.15) is 0 Å². The highest BCUT2D eigenvalue weighted by Crippen LogP contribution is 2.20. The molecule has 0 saturated heterocycles. The van der Waals surface area contributed by atoms with Gasteiger partial charge < -0.3 is 0 Å². The predicted molar refractivity (Wildman–Crippen MR) is 49.7 cm³/mol. The molecule has 0 atom stereocenters. The van der Waals surface area contributed by atoms with Crippen molar-refractivity contribution in [2.45, 2.75) is 0 Å². The molecule has 4 nitrogen and oxygen atoms in total. The zero-order valence-corrected chi connectivity index (χ0v) is 7.78. The molecule has 0 fully saturated rings. The van der Waals surface area contributed by atoms with Gasteiger partial charge in [0.15, 0.2) is 17.9 Å². The van der Waals surface area contributed by atoms with E-state index in [2.05, 4.69) is 10.1 Å². The SMILES string of the molecule is Cn1nc(-c2cccs2)nc1C=O. The first kappa shape index (κ1) is 8.12. The minimum Gasteiger partial charge on any atom is -0.294 e. The molecule has 66 valence electrons. The Bertz CT molecular complexity index is 419. The van der Waals surface area contributed by atoms with Crippen LogP contribution < -0.4 is 0 Å². The van der Waals surface area contributed by atoms with Gasteiger partial charge in [0.25, 0.3) is 0 Å². The first-order valence-electron chi connectivity index (χ1n) is 3.71. The smallest absolute Gasteiger partial charge is 0.191 e. The van der Waals surface area contributed by atoms with Crippen LogP contribution in [0.15, 0.2) is 17.5 Å². The molecule has 13 heavy (non-hydrogen) atoms. The molecule has 0 radical (unpaired) electrons. The van der Waals surface area contributed by atoms with Gasteiger partial charge in [-0.25, -0.2) is 9.67 Å². The average molecular weight is 193 g/mol. The molecule has 0 N–H and O–H groups in total. The molecule has 0 saturated carbocycles. The summed E-state index contributed by atoms with van der Waals surface area (Å²) in [5.74, 6) is 0.961. The summed E-state index contributed by atoms with van der Waals surface area (Å²) >= 11 is 1.55. The van der Waals surface area contributed by atoms with Gasteiger partial charge in [-0.3, -0.25) is 4.79 Å². The normalized spacial score (nSPS) is 10.2. The van der Waals surface area contributed by atoms with E-state index in [-0.39, 0.29) is 0 Å². The van der Waals surface area contributed by atoms with Crippen LogP contribution in [-0.2, 0) is 7.05 Å². The molecule has 0 aromatic carbocycles. The second-order valence-corrected chi connectivity index (χ2v) is 3.46. The molecule has 2 rings (SSSR count). The fraction of sp³-hybridized carbons (Fsp3) is 0.125. The van der Waals surface area contributed by atoms with E-state index in [0.29, 0.717) is 17.9 Å². The molecular weight excluding hydrogens is 186 g/mol. The Labute approximate surface area is 78.8 Å². The quantitative estimate of drug-likeness (QED) is 0.676. The Morgan fingerprint density at radius 3 is 3.00 bits per heavy atom. The highest BCUT2D eigenvalue weighted by atomic mass is 32.1. The Balaban J connectivity index is 2.48. The molecule has 0 unspecified atom stereocenters. The van der Waals surface area contributed by atoms with Crippen LogP contribution in [0.4, 0.5) is 0 Å². The van der Waals surface area contributed by atoms with Crippen molar-refractivity contribution in [1.82, 2.24) is 14.8 Å². The van der Waals surface area contributed by atoms with Gasteiger partial charge in [0.1, 0.15) is 0 Å². The maximum atomic E-state index is 10.5. The molecule has 2 aromatic heterocycles. The molecular formula is C8H7N3OS. The highest BCUT2D eigenvalue weighted by Gasteiger charge is 2.08. The number of aromatic nitrogens is 3. The lowest BCUT2D eigenvalue weighted by Gasteiger charge is -1.85. The van der Waals surface area contributed by atoms with Crippen LogP contribution in [0.2, 0.25) is 0 Å². The maximum Gasteiger partial charge on any atom is 0.191 e. The fourth-order valence-electron chi connectivity index (χ4n) is 1.01. The van der Waals surface area contributed by atoms with E-state index in [9.17, 15) is 4.79 Å². The average Bonchev–Trinajstić information content (AvgIpc) is 2.71. The monoisotopic (exact) mass is 193 g/mol. The van der Waals surface area contributed by atoms with Crippen LogP contribution in [0.25, 0.3) is 10.7 Å². The van der Waals surface area contributed by atoms with E-state index >= 15 is 0 Å². The number of aryl methyl sites for hydroxylation is 1. The van der Waals surface area contributed by atoms with Crippen molar-refractivity contribution in [2.75, 3.05) is 0 Å². The van der Waals surface area contributed by atoms with E-state index in [4.69, 9.17) is 0 Å². The summed E-state index contributed by atoms with van der Waals surface area (Å²) in [5.41, 5.74) is 0. The lowest BCUT2D eigenvalue weighted by Crippen LogP contribution is -1.96. The third-order valence-electron chi connectivity index (χ3n) is 1.64. The van der Waals surface area contributed by atoms with Crippen molar-refractivity contribution < 1.29 is 4.79 Å². The zero-order valence-electron chi connectivity index (χ0n) is 6.97. The van der Waals surface area contributed by atoms with Gasteiger partial charge in [0.2, 0.25) is 0 Å². The van der Waals surface area contributed by atoms with Crippen LogP contribution >= 0.6 is 11.3 Å². The third-order valence-corrected chi connectivity index (χ3v) is 2.51. The molecule has 5 heteroatoms. The second kappa shape index (κ2) is 3.10. The molecule has 0 aliphatic carbocycles. The van der Waals surface area contributed by atoms with Crippen molar-refractivity contribution >= 4 is 17.6 Å². The van der Waals surface area contributed by atoms with Crippen molar-refractivity contribution in [3.8, 4) is 10.7 Å². The van der Waals surface area contributed by atoms with Gasteiger partial charge in [0.05, 0.1) is 4.88 Å². The third kappa shape index (κ3) is 1.38. The molecule has 2 aromatic rings. The summed E-state index contributed by atoms with van der Waals surface area (Å²) < 4.78 is 1.47. The van der Waals surface area contributed by atoms with Crippen LogP contribution in [0.3, 0.4) is 0 Å². The van der Waals surface area contributed by atoms with E-state index in [1.807, 2.05) is 17.5 Å². The Morgan fingerprint density at radius 1 is 1.62 bits per heavy atom. The first-order chi connectivity index (χ1) is 6.31. The van der Waals surface area contributed by atoms with Crippen molar-refractivity contribution in [1.29, 1.82) is 0 Å². The van der Waals surface area contributed by atoms with E-state index < -0.39 is 0 Å². The van der Waals surface area contributed by atoms with Crippen molar-refractivity contribution in [3.63, 3.8) is 0 Å². The number of thiophene rings is 1. The van der Waals surface area contributed by atoms with Crippen LogP contribution in [0.1, 0.15) is 10.6 Å². The molecule has 0 aliphatic rings. The van der Waals surface area contributed by atoms with E-state index in [1.165, 1.54) is 4.68 Å². The van der Waals surface area contributed by atoms with Crippen LogP contribution in [-0.4, -0.2) is 21.1 Å². The fourth-order valence-corrected chi connectivity index (χ4v) is 1.66. The molecule has 0 aliphatic heterocycles. The standard InChI is InChI=1S/C8H7N3OS/c1-11-7(5-12)9-8(10-11)6-3-2-4-13-6/h2-5H,1H3. The summed E-state index contributed by atoms with van der Waals surface area (Å²) in [4.78, 5) is 15.5. The second-order valence-electron chi connectivity index (χ2n) is 2.51. The Kier molecular flexibility index (Phi) is 1.94.